The van der Waals surface area contributed by atoms with Gasteiger partial charge in [-0.25, -0.2) is 19.2 Å². The van der Waals surface area contributed by atoms with Gasteiger partial charge in [-0.15, -0.1) is 0 Å². The fourth-order valence-electron chi connectivity index (χ4n) is 4.27. The van der Waals surface area contributed by atoms with Gasteiger partial charge in [-0.2, -0.15) is 0 Å². The Morgan fingerprint density at radius 2 is 1.71 bits per heavy atom. The van der Waals surface area contributed by atoms with Crippen LogP contribution in [0.2, 0.25) is 0 Å². The number of carbonyl (C=O) groups is 2. The number of aliphatic hydroxyl groups is 1. The van der Waals surface area contributed by atoms with E-state index in [1.165, 1.54) is 31.2 Å². The number of hydroxylamine groups is 2. The van der Waals surface area contributed by atoms with E-state index in [-0.39, 0.29) is 38.4 Å². The molecule has 9 nitrogen and oxygen atoms in total. The van der Waals surface area contributed by atoms with Crippen molar-refractivity contribution in [2.75, 3.05) is 27.2 Å². The average molecular weight is 483 g/mol. The third kappa shape index (κ3) is 4.62. The minimum Gasteiger partial charge on any atom is -0.468 e. The summed E-state index contributed by atoms with van der Waals surface area (Å²) in [5.41, 5.74) is 1.15. The van der Waals surface area contributed by atoms with Gasteiger partial charge < -0.3 is 19.2 Å². The van der Waals surface area contributed by atoms with E-state index in [4.69, 9.17) is 14.1 Å². The summed E-state index contributed by atoms with van der Waals surface area (Å²) >= 11 is 0. The number of esters is 1. The number of aliphatic hydroxyl groups excluding tert-OH is 1. The van der Waals surface area contributed by atoms with E-state index < -0.39 is 23.2 Å². The summed E-state index contributed by atoms with van der Waals surface area (Å²) in [6.07, 6.45) is 0.344. The second-order valence-electron chi connectivity index (χ2n) is 8.43. The van der Waals surface area contributed by atoms with Crippen molar-refractivity contribution in [1.29, 1.82) is 0 Å². The molecule has 2 heterocycles. The number of nitrogens with zero attached hydrogens (tertiary/aromatic N) is 3. The fraction of sp³-hybridized carbons (Fsp3) is 0.320. The number of halogens is 1. The molecule has 35 heavy (non-hydrogen) atoms. The van der Waals surface area contributed by atoms with Crippen molar-refractivity contribution in [2.24, 2.45) is 0 Å². The summed E-state index contributed by atoms with van der Waals surface area (Å²) in [6, 6.07) is 12.2. The molecule has 3 aromatic rings. The van der Waals surface area contributed by atoms with Gasteiger partial charge in [-0.3, -0.25) is 10.0 Å². The highest BCUT2D eigenvalue weighted by atomic mass is 19.1. The van der Waals surface area contributed by atoms with Crippen molar-refractivity contribution >= 4 is 12.0 Å². The van der Waals surface area contributed by atoms with Crippen LogP contribution in [-0.2, 0) is 21.6 Å². The SMILES string of the molecule is COC(=O)C1(c2nc(-c3ccc(F)cc3)c(-c3ccc(CO)cc3)o2)CCN(C(=O)N(C)O)CC1. The van der Waals surface area contributed by atoms with Crippen LogP contribution in [0.3, 0.4) is 0 Å². The van der Waals surface area contributed by atoms with Crippen LogP contribution in [0.25, 0.3) is 22.6 Å². The van der Waals surface area contributed by atoms with Gasteiger partial charge in [0.2, 0.25) is 5.89 Å². The number of likely N-dealkylation sites (tertiary alicyclic amines) is 1. The first-order valence-electron chi connectivity index (χ1n) is 11.1. The summed E-state index contributed by atoms with van der Waals surface area (Å²) in [4.78, 5) is 31.4. The summed E-state index contributed by atoms with van der Waals surface area (Å²) in [6.45, 7) is 0.234. The first-order chi connectivity index (χ1) is 16.8. The number of aromatic nitrogens is 1. The molecule has 0 bridgehead atoms. The van der Waals surface area contributed by atoms with Crippen molar-refractivity contribution in [3.63, 3.8) is 0 Å². The van der Waals surface area contributed by atoms with E-state index >= 15 is 0 Å². The van der Waals surface area contributed by atoms with Crippen LogP contribution in [-0.4, -0.2) is 64.5 Å². The van der Waals surface area contributed by atoms with E-state index in [2.05, 4.69) is 0 Å². The molecule has 0 spiro atoms. The van der Waals surface area contributed by atoms with Gasteiger partial charge in [0, 0.05) is 31.3 Å². The summed E-state index contributed by atoms with van der Waals surface area (Å²) < 4.78 is 24.9. The Kier molecular flexibility index (Phi) is 6.86. The zero-order valence-electron chi connectivity index (χ0n) is 19.4. The number of rotatable bonds is 5. The van der Waals surface area contributed by atoms with E-state index in [9.17, 15) is 24.3 Å². The topological polar surface area (TPSA) is 116 Å². The lowest BCUT2D eigenvalue weighted by Gasteiger charge is -2.38. The molecule has 0 radical (unpaired) electrons. The van der Waals surface area contributed by atoms with Crippen molar-refractivity contribution in [3.8, 4) is 22.6 Å². The molecule has 2 amide bonds. The largest absolute Gasteiger partial charge is 0.468 e. The number of oxazole rings is 1. The Bertz CT molecular complexity index is 1200. The molecule has 1 fully saturated rings. The first kappa shape index (κ1) is 24.4. The van der Waals surface area contributed by atoms with E-state index in [0.717, 1.165) is 0 Å². The number of carbonyl (C=O) groups excluding carboxylic acids is 2. The smallest absolute Gasteiger partial charge is 0.343 e. The van der Waals surface area contributed by atoms with Crippen LogP contribution in [0.5, 0.6) is 0 Å². The minimum absolute atomic E-state index is 0.115. The van der Waals surface area contributed by atoms with Gasteiger partial charge in [0.15, 0.2) is 5.76 Å². The van der Waals surface area contributed by atoms with Gasteiger partial charge >= 0.3 is 12.0 Å². The van der Waals surface area contributed by atoms with Crippen LogP contribution >= 0.6 is 0 Å². The Morgan fingerprint density at radius 1 is 1.11 bits per heavy atom. The molecule has 184 valence electrons. The molecule has 1 aromatic heterocycles. The van der Waals surface area contributed by atoms with Gasteiger partial charge in [0.1, 0.15) is 16.9 Å². The van der Waals surface area contributed by atoms with Crippen molar-refractivity contribution in [2.45, 2.75) is 24.9 Å². The molecule has 0 saturated carbocycles. The summed E-state index contributed by atoms with van der Waals surface area (Å²) in [7, 11) is 2.52. The lowest BCUT2D eigenvalue weighted by Crippen LogP contribution is -2.51. The molecule has 1 aliphatic rings. The molecular weight excluding hydrogens is 457 g/mol. The highest BCUT2D eigenvalue weighted by Gasteiger charge is 2.49. The second kappa shape index (κ2) is 9.85. The lowest BCUT2D eigenvalue weighted by molar-refractivity contribution is -0.150. The number of methoxy groups -OCH3 is 1. The predicted molar refractivity (Wildman–Crippen MR) is 123 cm³/mol. The minimum atomic E-state index is -1.25. The normalized spacial score (nSPS) is 15.1. The number of amides is 2. The van der Waals surface area contributed by atoms with Crippen LogP contribution in [0.1, 0.15) is 24.3 Å². The van der Waals surface area contributed by atoms with Gasteiger partial charge in [-0.05, 0) is 42.7 Å². The van der Waals surface area contributed by atoms with Gasteiger partial charge in [-0.1, -0.05) is 24.3 Å². The number of hydrogen-bond donors (Lipinski definition) is 2. The third-order valence-corrected chi connectivity index (χ3v) is 6.29. The standard InChI is InChI=1S/C25H26FN3O6/c1-28(33)24(32)29-13-11-25(12-14-29,23(31)34-2)22-27-20(17-7-9-19(26)10-8-17)21(35-22)18-5-3-16(15-30)4-6-18/h3-10,30,33H,11-15H2,1-2H3. The molecule has 1 aliphatic heterocycles. The molecule has 10 heteroatoms. The Labute approximate surface area is 201 Å². The van der Waals surface area contributed by atoms with E-state index in [0.29, 0.717) is 33.2 Å². The summed E-state index contributed by atoms with van der Waals surface area (Å²) in [5.74, 6) is -0.429. The van der Waals surface area contributed by atoms with Gasteiger partial charge in [0.05, 0.1) is 13.7 Å². The van der Waals surface area contributed by atoms with Crippen molar-refractivity contribution < 1.29 is 33.4 Å². The Hall–Kier alpha value is -3.76. The Balaban J connectivity index is 1.80. The molecule has 2 N–H and O–H groups in total. The zero-order chi connectivity index (χ0) is 25.2. The monoisotopic (exact) mass is 483 g/mol. The number of benzene rings is 2. The maximum atomic E-state index is 13.6. The van der Waals surface area contributed by atoms with E-state index in [1.807, 2.05) is 0 Å². The number of urea groups is 1. The highest BCUT2D eigenvalue weighted by molar-refractivity contribution is 5.84. The van der Waals surface area contributed by atoms with Crippen LogP contribution in [0, 0.1) is 5.82 Å². The zero-order valence-corrected chi connectivity index (χ0v) is 19.4. The molecule has 0 unspecified atom stereocenters. The predicted octanol–water partition coefficient (Wildman–Crippen LogP) is 3.59. The second-order valence-corrected chi connectivity index (χ2v) is 8.43. The maximum absolute atomic E-state index is 13.6. The number of hydrogen-bond acceptors (Lipinski definition) is 7. The van der Waals surface area contributed by atoms with Crippen molar-refractivity contribution in [3.05, 3.63) is 65.8 Å². The molecule has 2 aromatic carbocycles. The number of piperidine rings is 1. The average Bonchev–Trinajstić information content (AvgIpc) is 3.34. The molecule has 0 atom stereocenters. The summed E-state index contributed by atoms with van der Waals surface area (Å²) in [5, 5.41) is 19.4. The molecule has 4 rings (SSSR count). The lowest BCUT2D eigenvalue weighted by atomic mass is 9.78. The first-order valence-corrected chi connectivity index (χ1v) is 11.1. The van der Waals surface area contributed by atoms with E-state index in [1.54, 1.807) is 36.4 Å². The molecule has 1 saturated heterocycles. The van der Waals surface area contributed by atoms with Crippen LogP contribution in [0.15, 0.2) is 52.9 Å². The van der Waals surface area contributed by atoms with Crippen LogP contribution in [0.4, 0.5) is 9.18 Å². The van der Waals surface area contributed by atoms with Crippen LogP contribution < -0.4 is 0 Å². The van der Waals surface area contributed by atoms with Gasteiger partial charge in [0.25, 0.3) is 0 Å². The number of ether oxygens (including phenoxy) is 1. The third-order valence-electron chi connectivity index (χ3n) is 6.29. The fourth-order valence-corrected chi connectivity index (χ4v) is 4.27. The maximum Gasteiger partial charge on any atom is 0.343 e. The highest BCUT2D eigenvalue weighted by Crippen LogP contribution is 2.42. The quantitative estimate of drug-likeness (QED) is 0.324. The van der Waals surface area contributed by atoms with Crippen molar-refractivity contribution in [1.82, 2.24) is 14.9 Å². The molecule has 0 aliphatic carbocycles. The Morgan fingerprint density at radius 3 is 2.26 bits per heavy atom. The molecular formula is C25H26FN3O6.